The first-order valence-electron chi connectivity index (χ1n) is 5.74. The summed E-state index contributed by atoms with van der Waals surface area (Å²) in [7, 11) is 0. The predicted molar refractivity (Wildman–Crippen MR) is 55.5 cm³/mol. The van der Waals surface area contributed by atoms with Crippen molar-refractivity contribution >= 4 is 5.97 Å². The van der Waals surface area contributed by atoms with Gasteiger partial charge in [-0.1, -0.05) is 6.92 Å². The molecule has 4 nitrogen and oxygen atoms in total. The highest BCUT2D eigenvalue weighted by Crippen LogP contribution is 2.37. The third kappa shape index (κ3) is 2.32. The summed E-state index contributed by atoms with van der Waals surface area (Å²) < 4.78 is 0. The molecule has 0 aromatic rings. The smallest absolute Gasteiger partial charge is 0.321 e. The van der Waals surface area contributed by atoms with Gasteiger partial charge in [-0.05, 0) is 31.1 Å². The van der Waals surface area contributed by atoms with Crippen molar-refractivity contribution < 1.29 is 15.0 Å². The molecule has 2 fully saturated rings. The Morgan fingerprint density at radius 2 is 2.07 bits per heavy atom. The van der Waals surface area contributed by atoms with E-state index in [0.29, 0.717) is 18.9 Å². The summed E-state index contributed by atoms with van der Waals surface area (Å²) >= 11 is 0. The third-order valence-electron chi connectivity index (χ3n) is 3.61. The summed E-state index contributed by atoms with van der Waals surface area (Å²) in [6.07, 6.45) is 2.54. The maximum absolute atomic E-state index is 11.2. The summed E-state index contributed by atoms with van der Waals surface area (Å²) in [5.41, 5.74) is 0. The summed E-state index contributed by atoms with van der Waals surface area (Å²) in [5, 5.41) is 18.8. The molecule has 3 atom stereocenters. The molecule has 2 rings (SSSR count). The van der Waals surface area contributed by atoms with Crippen LogP contribution in [-0.2, 0) is 4.79 Å². The van der Waals surface area contributed by atoms with Crippen LogP contribution < -0.4 is 0 Å². The first-order chi connectivity index (χ1) is 7.09. The molecule has 1 aliphatic heterocycles. The van der Waals surface area contributed by atoms with Crippen molar-refractivity contribution in [1.29, 1.82) is 0 Å². The molecule has 4 heteroatoms. The molecule has 15 heavy (non-hydrogen) atoms. The van der Waals surface area contributed by atoms with E-state index in [0.717, 1.165) is 19.4 Å². The van der Waals surface area contributed by atoms with Crippen LogP contribution in [0.4, 0.5) is 0 Å². The van der Waals surface area contributed by atoms with Crippen LogP contribution >= 0.6 is 0 Å². The van der Waals surface area contributed by atoms with Crippen LogP contribution in [0.5, 0.6) is 0 Å². The second kappa shape index (κ2) is 4.10. The maximum atomic E-state index is 11.2. The van der Waals surface area contributed by atoms with Gasteiger partial charge in [0.15, 0.2) is 0 Å². The van der Waals surface area contributed by atoms with E-state index >= 15 is 0 Å². The van der Waals surface area contributed by atoms with Gasteiger partial charge >= 0.3 is 5.97 Å². The Labute approximate surface area is 89.9 Å². The van der Waals surface area contributed by atoms with Crippen molar-refractivity contribution in [3.05, 3.63) is 0 Å². The molecule has 0 spiro atoms. The molecular formula is C11H19NO3. The molecule has 3 unspecified atom stereocenters. The number of hydrogen-bond acceptors (Lipinski definition) is 3. The van der Waals surface area contributed by atoms with Gasteiger partial charge in [-0.25, -0.2) is 0 Å². The summed E-state index contributed by atoms with van der Waals surface area (Å²) in [5.74, 6) is -0.148. The number of aliphatic carboxylic acids is 1. The van der Waals surface area contributed by atoms with Crippen molar-refractivity contribution in [1.82, 2.24) is 4.90 Å². The largest absolute Gasteiger partial charge is 0.480 e. The molecular weight excluding hydrogens is 194 g/mol. The van der Waals surface area contributed by atoms with Crippen LogP contribution in [0.1, 0.15) is 26.2 Å². The number of likely N-dealkylation sites (tertiary alicyclic amines) is 1. The number of carbonyl (C=O) groups is 1. The Hall–Kier alpha value is -0.610. The van der Waals surface area contributed by atoms with Gasteiger partial charge < -0.3 is 10.2 Å². The second-order valence-corrected chi connectivity index (χ2v) is 4.95. The van der Waals surface area contributed by atoms with E-state index in [2.05, 4.69) is 0 Å². The van der Waals surface area contributed by atoms with Crippen LogP contribution in [0.15, 0.2) is 0 Å². The molecule has 1 saturated carbocycles. The molecule has 1 heterocycles. The zero-order valence-corrected chi connectivity index (χ0v) is 9.09. The highest BCUT2D eigenvalue weighted by molar-refractivity contribution is 5.74. The SMILES string of the molecule is CC1CN(C(C(=O)O)C2CC2)CCC1O. The number of piperidine rings is 1. The molecule has 2 aliphatic rings. The van der Waals surface area contributed by atoms with E-state index < -0.39 is 5.97 Å². The molecule has 86 valence electrons. The van der Waals surface area contributed by atoms with Crippen LogP contribution in [0, 0.1) is 11.8 Å². The third-order valence-corrected chi connectivity index (χ3v) is 3.61. The van der Waals surface area contributed by atoms with Gasteiger partial charge in [0, 0.05) is 13.1 Å². The van der Waals surface area contributed by atoms with Gasteiger partial charge in [0.25, 0.3) is 0 Å². The van der Waals surface area contributed by atoms with Crippen LogP contribution in [0.25, 0.3) is 0 Å². The monoisotopic (exact) mass is 213 g/mol. The highest BCUT2D eigenvalue weighted by atomic mass is 16.4. The lowest BCUT2D eigenvalue weighted by Crippen LogP contribution is -2.50. The van der Waals surface area contributed by atoms with E-state index in [-0.39, 0.29) is 18.1 Å². The molecule has 0 amide bonds. The topological polar surface area (TPSA) is 60.8 Å². The normalized spacial score (nSPS) is 35.1. The number of hydrogen-bond donors (Lipinski definition) is 2. The maximum Gasteiger partial charge on any atom is 0.321 e. The molecule has 0 bridgehead atoms. The Morgan fingerprint density at radius 3 is 2.53 bits per heavy atom. The number of aliphatic hydroxyl groups excluding tert-OH is 1. The lowest BCUT2D eigenvalue weighted by atomic mass is 9.94. The van der Waals surface area contributed by atoms with Crippen molar-refractivity contribution in [2.75, 3.05) is 13.1 Å². The molecule has 0 aromatic carbocycles. The lowest BCUT2D eigenvalue weighted by molar-refractivity contribution is -0.146. The lowest BCUT2D eigenvalue weighted by Gasteiger charge is -2.37. The van der Waals surface area contributed by atoms with Crippen LogP contribution in [0.2, 0.25) is 0 Å². The van der Waals surface area contributed by atoms with Gasteiger partial charge in [-0.3, -0.25) is 9.69 Å². The van der Waals surface area contributed by atoms with Gasteiger partial charge in [0.05, 0.1) is 6.10 Å². The average Bonchev–Trinajstić information content (AvgIpc) is 2.95. The van der Waals surface area contributed by atoms with Crippen molar-refractivity contribution in [2.45, 2.75) is 38.3 Å². The van der Waals surface area contributed by atoms with Gasteiger partial charge in [0.1, 0.15) is 6.04 Å². The Balaban J connectivity index is 1.99. The number of carboxylic acids is 1. The van der Waals surface area contributed by atoms with E-state index in [9.17, 15) is 15.0 Å². The molecule has 1 aliphatic carbocycles. The molecule has 2 N–H and O–H groups in total. The quantitative estimate of drug-likeness (QED) is 0.719. The minimum Gasteiger partial charge on any atom is -0.480 e. The standard InChI is InChI=1S/C11H19NO3/c1-7-6-12(5-4-9(7)13)10(11(14)15)8-2-3-8/h7-10,13H,2-6H2,1H3,(H,14,15). The van der Waals surface area contributed by atoms with E-state index in [4.69, 9.17) is 0 Å². The minimum absolute atomic E-state index is 0.194. The van der Waals surface area contributed by atoms with Gasteiger partial charge in [-0.2, -0.15) is 0 Å². The Bertz CT molecular complexity index is 252. The first kappa shape index (κ1) is 10.9. The molecule has 0 radical (unpaired) electrons. The molecule has 0 aromatic heterocycles. The fraction of sp³-hybridized carbons (Fsp3) is 0.909. The number of rotatable bonds is 3. The van der Waals surface area contributed by atoms with E-state index in [1.165, 1.54) is 0 Å². The highest BCUT2D eigenvalue weighted by Gasteiger charge is 2.42. The van der Waals surface area contributed by atoms with Gasteiger partial charge in [0.2, 0.25) is 0 Å². The molecule has 1 saturated heterocycles. The number of aliphatic hydroxyl groups is 1. The van der Waals surface area contributed by atoms with E-state index in [1.54, 1.807) is 0 Å². The fourth-order valence-corrected chi connectivity index (χ4v) is 2.49. The fourth-order valence-electron chi connectivity index (χ4n) is 2.49. The van der Waals surface area contributed by atoms with Crippen molar-refractivity contribution in [2.24, 2.45) is 11.8 Å². The summed E-state index contributed by atoms with van der Waals surface area (Å²) in [6.45, 7) is 3.43. The van der Waals surface area contributed by atoms with E-state index in [1.807, 2.05) is 11.8 Å². The van der Waals surface area contributed by atoms with Crippen LogP contribution in [0.3, 0.4) is 0 Å². The van der Waals surface area contributed by atoms with Gasteiger partial charge in [-0.15, -0.1) is 0 Å². The minimum atomic E-state index is -0.693. The zero-order chi connectivity index (χ0) is 11.0. The zero-order valence-electron chi connectivity index (χ0n) is 9.09. The predicted octanol–water partition coefficient (Wildman–Crippen LogP) is 0.552. The average molecular weight is 213 g/mol. The Morgan fingerprint density at radius 1 is 1.40 bits per heavy atom. The summed E-state index contributed by atoms with van der Waals surface area (Å²) in [4.78, 5) is 13.2. The Kier molecular flexibility index (Phi) is 2.98. The number of nitrogens with zero attached hydrogens (tertiary/aromatic N) is 1. The van der Waals surface area contributed by atoms with Crippen molar-refractivity contribution in [3.8, 4) is 0 Å². The summed E-state index contributed by atoms with van der Waals surface area (Å²) in [6, 6.07) is -0.306. The first-order valence-corrected chi connectivity index (χ1v) is 5.74. The van der Waals surface area contributed by atoms with Crippen molar-refractivity contribution in [3.63, 3.8) is 0 Å². The van der Waals surface area contributed by atoms with Crippen LogP contribution in [-0.4, -0.2) is 46.3 Å². The number of carboxylic acid groups (broad SMARTS) is 1. The second-order valence-electron chi connectivity index (χ2n) is 4.95.